The molecule has 1 aliphatic heterocycles. The molecule has 7 nitrogen and oxygen atoms in total. The van der Waals surface area contributed by atoms with Crippen LogP contribution in [0, 0.1) is 5.41 Å². The van der Waals surface area contributed by atoms with E-state index in [4.69, 9.17) is 9.73 Å². The van der Waals surface area contributed by atoms with Crippen LogP contribution in [0.3, 0.4) is 0 Å². The summed E-state index contributed by atoms with van der Waals surface area (Å²) < 4.78 is 5.38. The number of aromatic nitrogens is 1. The Morgan fingerprint density at radius 3 is 2.61 bits per heavy atom. The minimum atomic E-state index is 0.344. The quantitative estimate of drug-likeness (QED) is 0.440. The van der Waals surface area contributed by atoms with Gasteiger partial charge in [0.25, 0.3) is 0 Å². The lowest BCUT2D eigenvalue weighted by atomic mass is 9.83. The molecule has 2 fully saturated rings. The Morgan fingerprint density at radius 1 is 1.16 bits per heavy atom. The summed E-state index contributed by atoms with van der Waals surface area (Å²) >= 11 is 0. The van der Waals surface area contributed by atoms with Crippen molar-refractivity contribution in [3.05, 3.63) is 23.9 Å². The number of nitrogens with one attached hydrogen (secondary N) is 2. The van der Waals surface area contributed by atoms with E-state index < -0.39 is 0 Å². The predicted octanol–water partition coefficient (Wildman–Crippen LogP) is 2.88. The highest BCUT2D eigenvalue weighted by atomic mass is 16.5. The summed E-state index contributed by atoms with van der Waals surface area (Å²) in [7, 11) is 1.80. The van der Waals surface area contributed by atoms with E-state index in [1.807, 2.05) is 6.20 Å². The number of aliphatic imine (C=N–C) groups is 1. The van der Waals surface area contributed by atoms with Crippen molar-refractivity contribution >= 4 is 11.8 Å². The molecule has 0 aromatic carbocycles. The molecule has 0 atom stereocenters. The number of hydrogen-bond donors (Lipinski definition) is 2. The first-order valence-corrected chi connectivity index (χ1v) is 12.1. The number of ether oxygens (including phenoxy) is 1. The molecule has 1 aliphatic carbocycles. The van der Waals surface area contributed by atoms with Crippen LogP contribution in [0.2, 0.25) is 0 Å². The van der Waals surface area contributed by atoms with E-state index in [0.717, 1.165) is 70.6 Å². The molecule has 0 amide bonds. The molecular formula is C24H42N6O. The van der Waals surface area contributed by atoms with Gasteiger partial charge < -0.3 is 25.2 Å². The molecule has 0 spiro atoms. The third-order valence-electron chi connectivity index (χ3n) is 6.85. The van der Waals surface area contributed by atoms with E-state index in [9.17, 15) is 0 Å². The normalized spacial score (nSPS) is 19.6. The third kappa shape index (κ3) is 7.07. The Labute approximate surface area is 188 Å². The van der Waals surface area contributed by atoms with Gasteiger partial charge in [-0.1, -0.05) is 19.8 Å². The number of hydrogen-bond acceptors (Lipinski definition) is 5. The Morgan fingerprint density at radius 2 is 1.94 bits per heavy atom. The maximum absolute atomic E-state index is 5.38. The summed E-state index contributed by atoms with van der Waals surface area (Å²) in [6.45, 7) is 13.1. The van der Waals surface area contributed by atoms with Crippen LogP contribution in [0.4, 0.5) is 5.82 Å². The van der Waals surface area contributed by atoms with E-state index >= 15 is 0 Å². The standard InChI is InChI=1S/C24H42N6O/c1-4-25-23(28-20-24(11-17-31-3)9-6-7-10-24)27-19-21-8-12-26-22(18-21)30-15-13-29(5-2)14-16-30/h8,12,18H,4-7,9-11,13-17,19-20H2,1-3H3,(H2,25,27,28). The van der Waals surface area contributed by atoms with Crippen molar-refractivity contribution in [2.45, 2.75) is 52.5 Å². The summed E-state index contributed by atoms with van der Waals surface area (Å²) in [5, 5.41) is 7.04. The molecule has 0 unspecified atom stereocenters. The summed E-state index contributed by atoms with van der Waals surface area (Å²) in [5.74, 6) is 1.98. The first kappa shape index (κ1) is 23.8. The van der Waals surface area contributed by atoms with Gasteiger partial charge in [-0.25, -0.2) is 9.98 Å². The average molecular weight is 431 g/mol. The molecule has 1 aromatic rings. The highest BCUT2D eigenvalue weighted by molar-refractivity contribution is 5.79. The lowest BCUT2D eigenvalue weighted by molar-refractivity contribution is 0.138. The van der Waals surface area contributed by atoms with E-state index in [1.54, 1.807) is 7.11 Å². The van der Waals surface area contributed by atoms with Gasteiger partial charge in [-0.15, -0.1) is 0 Å². The number of piperazine rings is 1. The lowest BCUT2D eigenvalue weighted by Crippen LogP contribution is -2.46. The first-order valence-electron chi connectivity index (χ1n) is 12.1. The van der Waals surface area contributed by atoms with E-state index in [-0.39, 0.29) is 0 Å². The number of anilines is 1. The number of methoxy groups -OCH3 is 1. The summed E-state index contributed by atoms with van der Waals surface area (Å²) in [5.41, 5.74) is 1.55. The second kappa shape index (κ2) is 12.2. The van der Waals surface area contributed by atoms with Crippen LogP contribution in [-0.4, -0.2) is 75.4 Å². The second-order valence-corrected chi connectivity index (χ2v) is 8.94. The maximum atomic E-state index is 5.38. The van der Waals surface area contributed by atoms with E-state index in [1.165, 1.54) is 31.2 Å². The van der Waals surface area contributed by atoms with Crippen molar-refractivity contribution < 1.29 is 4.74 Å². The monoisotopic (exact) mass is 430 g/mol. The first-order chi connectivity index (χ1) is 15.2. The van der Waals surface area contributed by atoms with E-state index in [2.05, 4.69) is 51.4 Å². The van der Waals surface area contributed by atoms with Gasteiger partial charge in [0.1, 0.15) is 5.82 Å². The van der Waals surface area contributed by atoms with Crippen LogP contribution in [0.25, 0.3) is 0 Å². The van der Waals surface area contributed by atoms with Crippen molar-refractivity contribution in [3.8, 4) is 0 Å². The van der Waals surface area contributed by atoms with Gasteiger partial charge in [-0.3, -0.25) is 0 Å². The summed E-state index contributed by atoms with van der Waals surface area (Å²) in [6.07, 6.45) is 8.25. The predicted molar refractivity (Wildman–Crippen MR) is 129 cm³/mol. The van der Waals surface area contributed by atoms with Crippen molar-refractivity contribution in [1.29, 1.82) is 0 Å². The highest BCUT2D eigenvalue weighted by Crippen LogP contribution is 2.40. The van der Waals surface area contributed by atoms with E-state index in [0.29, 0.717) is 12.0 Å². The Kier molecular flexibility index (Phi) is 9.40. The van der Waals surface area contributed by atoms with Gasteiger partial charge >= 0.3 is 0 Å². The third-order valence-corrected chi connectivity index (χ3v) is 6.85. The van der Waals surface area contributed by atoms with Crippen LogP contribution >= 0.6 is 0 Å². The van der Waals surface area contributed by atoms with Crippen LogP contribution in [0.1, 0.15) is 51.5 Å². The van der Waals surface area contributed by atoms with Crippen molar-refractivity contribution in [2.24, 2.45) is 10.4 Å². The molecule has 1 saturated heterocycles. The average Bonchev–Trinajstić information content (AvgIpc) is 3.29. The van der Waals surface area contributed by atoms with Gasteiger partial charge in [0, 0.05) is 59.2 Å². The van der Waals surface area contributed by atoms with Crippen LogP contribution < -0.4 is 15.5 Å². The Balaban J connectivity index is 1.58. The molecule has 3 rings (SSSR count). The molecule has 0 bridgehead atoms. The number of likely N-dealkylation sites (N-methyl/N-ethyl adjacent to an activating group) is 1. The molecular weight excluding hydrogens is 388 g/mol. The van der Waals surface area contributed by atoms with Crippen molar-refractivity contribution in [3.63, 3.8) is 0 Å². The fourth-order valence-corrected chi connectivity index (χ4v) is 4.77. The van der Waals surface area contributed by atoms with Gasteiger partial charge in [0.05, 0.1) is 6.54 Å². The smallest absolute Gasteiger partial charge is 0.191 e. The largest absolute Gasteiger partial charge is 0.385 e. The zero-order valence-corrected chi connectivity index (χ0v) is 19.8. The molecule has 1 aromatic heterocycles. The summed E-state index contributed by atoms with van der Waals surface area (Å²) in [4.78, 5) is 14.4. The molecule has 2 N–H and O–H groups in total. The van der Waals surface area contributed by atoms with Gasteiger partial charge in [-0.05, 0) is 55.8 Å². The fourth-order valence-electron chi connectivity index (χ4n) is 4.77. The zero-order valence-electron chi connectivity index (χ0n) is 19.8. The molecule has 174 valence electrons. The Hall–Kier alpha value is -1.86. The number of pyridine rings is 1. The fraction of sp³-hybridized carbons (Fsp3) is 0.750. The van der Waals surface area contributed by atoms with Crippen molar-refractivity contribution in [2.75, 3.05) is 64.4 Å². The molecule has 2 heterocycles. The highest BCUT2D eigenvalue weighted by Gasteiger charge is 2.33. The Bertz CT molecular complexity index is 680. The number of guanidine groups is 1. The SMILES string of the molecule is CCNC(=NCc1ccnc(N2CCN(CC)CC2)c1)NCC1(CCOC)CCCC1. The van der Waals surface area contributed by atoms with Gasteiger partial charge in [0.15, 0.2) is 5.96 Å². The minimum absolute atomic E-state index is 0.344. The summed E-state index contributed by atoms with van der Waals surface area (Å²) in [6, 6.07) is 4.28. The van der Waals surface area contributed by atoms with Gasteiger partial charge in [0.2, 0.25) is 0 Å². The molecule has 0 radical (unpaired) electrons. The van der Waals surface area contributed by atoms with Crippen LogP contribution in [0.15, 0.2) is 23.3 Å². The zero-order chi connectivity index (χ0) is 21.9. The molecule has 31 heavy (non-hydrogen) atoms. The lowest BCUT2D eigenvalue weighted by Gasteiger charge is -2.34. The topological polar surface area (TPSA) is 65.0 Å². The van der Waals surface area contributed by atoms with Crippen molar-refractivity contribution in [1.82, 2.24) is 20.5 Å². The second-order valence-electron chi connectivity index (χ2n) is 8.94. The van der Waals surface area contributed by atoms with Crippen LogP contribution in [-0.2, 0) is 11.3 Å². The van der Waals surface area contributed by atoms with Crippen LogP contribution in [0.5, 0.6) is 0 Å². The maximum Gasteiger partial charge on any atom is 0.191 e. The molecule has 7 heteroatoms. The minimum Gasteiger partial charge on any atom is -0.385 e. The molecule has 1 saturated carbocycles. The molecule has 2 aliphatic rings. The van der Waals surface area contributed by atoms with Gasteiger partial charge in [-0.2, -0.15) is 0 Å². The number of rotatable bonds is 10. The number of nitrogens with zero attached hydrogens (tertiary/aromatic N) is 4.